The minimum atomic E-state index is -0.408. The molecule has 0 aliphatic carbocycles. The maximum absolute atomic E-state index is 12.8. The van der Waals surface area contributed by atoms with E-state index in [0.717, 1.165) is 41.8 Å². The van der Waals surface area contributed by atoms with Crippen LogP contribution in [0.15, 0.2) is 36.4 Å². The number of carbonyl (C=O) groups excluding carboxylic acids is 1. The van der Waals surface area contributed by atoms with Crippen molar-refractivity contribution < 1.29 is 9.53 Å². The Morgan fingerprint density at radius 2 is 1.32 bits per heavy atom. The number of aryl methyl sites for hydroxylation is 2. The molecule has 3 nitrogen and oxygen atoms in total. The molecule has 188 valence electrons. The number of benzene rings is 2. The second-order valence-electron chi connectivity index (χ2n) is 9.69. The molecule has 0 atom stereocenters. The summed E-state index contributed by atoms with van der Waals surface area (Å²) in [4.78, 5) is 12.8. The van der Waals surface area contributed by atoms with E-state index in [0.29, 0.717) is 0 Å². The average Bonchev–Trinajstić information content (AvgIpc) is 2.82. The van der Waals surface area contributed by atoms with Crippen LogP contribution in [-0.2, 0) is 12.8 Å². The highest BCUT2D eigenvalue weighted by Gasteiger charge is 2.14. The molecule has 0 spiro atoms. The minimum absolute atomic E-state index is 0.408. The Labute approximate surface area is 208 Å². The van der Waals surface area contributed by atoms with Crippen molar-refractivity contribution in [2.75, 3.05) is 5.32 Å². The molecule has 0 bridgehead atoms. The van der Waals surface area contributed by atoms with E-state index in [4.69, 9.17) is 4.74 Å². The van der Waals surface area contributed by atoms with Gasteiger partial charge in [0.1, 0.15) is 5.75 Å². The first-order valence-electron chi connectivity index (χ1n) is 13.7. The molecule has 2 aromatic carbocycles. The third kappa shape index (κ3) is 9.91. The van der Waals surface area contributed by atoms with Gasteiger partial charge in [0.15, 0.2) is 0 Å². The lowest BCUT2D eigenvalue weighted by molar-refractivity contribution is 0.214. The lowest BCUT2D eigenvalue weighted by Gasteiger charge is -2.16. The number of amides is 1. The van der Waals surface area contributed by atoms with E-state index in [1.807, 2.05) is 31.2 Å². The first-order valence-corrected chi connectivity index (χ1v) is 13.7. The van der Waals surface area contributed by atoms with E-state index >= 15 is 0 Å². The molecule has 3 heteroatoms. The van der Waals surface area contributed by atoms with Crippen molar-refractivity contribution in [3.63, 3.8) is 0 Å². The Bertz CT molecular complexity index is 859. The van der Waals surface area contributed by atoms with Gasteiger partial charge in [-0.05, 0) is 73.9 Å². The lowest BCUT2D eigenvalue weighted by atomic mass is 9.95. The van der Waals surface area contributed by atoms with Crippen molar-refractivity contribution in [1.82, 2.24) is 0 Å². The fraction of sp³-hybridized carbons (Fsp3) is 0.581. The summed E-state index contributed by atoms with van der Waals surface area (Å²) in [5.41, 5.74) is 5.61. The van der Waals surface area contributed by atoms with E-state index < -0.39 is 6.09 Å². The van der Waals surface area contributed by atoms with Crippen LogP contribution < -0.4 is 10.1 Å². The Morgan fingerprint density at radius 1 is 0.735 bits per heavy atom. The number of ether oxygens (including phenoxy) is 1. The molecule has 0 heterocycles. The second-order valence-corrected chi connectivity index (χ2v) is 9.69. The van der Waals surface area contributed by atoms with Crippen LogP contribution in [0.3, 0.4) is 0 Å². The smallest absolute Gasteiger partial charge is 0.410 e. The summed E-state index contributed by atoms with van der Waals surface area (Å²) in [5, 5.41) is 2.95. The molecule has 0 aliphatic rings. The molecule has 0 aromatic heterocycles. The van der Waals surface area contributed by atoms with Crippen LogP contribution >= 0.6 is 0 Å². The van der Waals surface area contributed by atoms with Gasteiger partial charge in [-0.25, -0.2) is 4.79 Å². The van der Waals surface area contributed by atoms with Gasteiger partial charge in [-0.15, -0.1) is 0 Å². The van der Waals surface area contributed by atoms with Gasteiger partial charge in [-0.1, -0.05) is 102 Å². The van der Waals surface area contributed by atoms with Gasteiger partial charge >= 0.3 is 6.09 Å². The summed E-state index contributed by atoms with van der Waals surface area (Å²) < 4.78 is 5.89. The average molecular weight is 466 g/mol. The third-order valence-electron chi connectivity index (χ3n) is 6.85. The van der Waals surface area contributed by atoms with Crippen molar-refractivity contribution in [2.24, 2.45) is 0 Å². The molecular weight excluding hydrogens is 418 g/mol. The normalized spacial score (nSPS) is 10.9. The monoisotopic (exact) mass is 465 g/mol. The quantitative estimate of drug-likeness (QED) is 0.250. The van der Waals surface area contributed by atoms with Gasteiger partial charge < -0.3 is 4.74 Å². The SMILES string of the molecule is CCCCCCCCc1cccc(OC(=O)Nc2cccc(C)c2C)c1CCCCCCCC. The fourth-order valence-electron chi connectivity index (χ4n) is 4.52. The number of hydrogen-bond acceptors (Lipinski definition) is 2. The first-order chi connectivity index (χ1) is 16.6. The molecular formula is C31H47NO2. The van der Waals surface area contributed by atoms with Crippen molar-refractivity contribution >= 4 is 11.8 Å². The number of rotatable bonds is 16. The summed E-state index contributed by atoms with van der Waals surface area (Å²) in [6.07, 6.45) is 17.0. The fourth-order valence-corrected chi connectivity index (χ4v) is 4.52. The van der Waals surface area contributed by atoms with E-state index in [2.05, 4.69) is 38.2 Å². The first kappa shape index (κ1) is 28.0. The summed E-state index contributed by atoms with van der Waals surface area (Å²) in [7, 11) is 0. The van der Waals surface area contributed by atoms with Crippen molar-refractivity contribution in [3.05, 3.63) is 58.7 Å². The molecule has 0 aliphatic heterocycles. The predicted octanol–water partition coefficient (Wildman–Crippen LogP) is 9.72. The van der Waals surface area contributed by atoms with Crippen LogP contribution in [0.4, 0.5) is 10.5 Å². The third-order valence-corrected chi connectivity index (χ3v) is 6.85. The molecule has 0 saturated carbocycles. The maximum Gasteiger partial charge on any atom is 0.417 e. The summed E-state index contributed by atoms with van der Waals surface area (Å²) >= 11 is 0. The van der Waals surface area contributed by atoms with Gasteiger partial charge in [0, 0.05) is 5.69 Å². The predicted molar refractivity (Wildman–Crippen MR) is 146 cm³/mol. The summed E-state index contributed by atoms with van der Waals surface area (Å²) in [5.74, 6) is 0.722. The molecule has 0 unspecified atom stereocenters. The number of anilines is 1. The lowest BCUT2D eigenvalue weighted by Crippen LogP contribution is -2.18. The maximum atomic E-state index is 12.8. The molecule has 0 radical (unpaired) electrons. The summed E-state index contributed by atoms with van der Waals surface area (Å²) in [6.45, 7) is 8.59. The van der Waals surface area contributed by atoms with Gasteiger partial charge in [0.05, 0.1) is 0 Å². The molecule has 2 rings (SSSR count). The Morgan fingerprint density at radius 3 is 2.00 bits per heavy atom. The largest absolute Gasteiger partial charge is 0.417 e. The number of hydrogen-bond donors (Lipinski definition) is 1. The van der Waals surface area contributed by atoms with Crippen LogP contribution in [0.2, 0.25) is 0 Å². The highest BCUT2D eigenvalue weighted by Crippen LogP contribution is 2.28. The van der Waals surface area contributed by atoms with E-state index in [1.165, 1.54) is 81.8 Å². The van der Waals surface area contributed by atoms with E-state index in [9.17, 15) is 4.79 Å². The minimum Gasteiger partial charge on any atom is -0.410 e. The number of carbonyl (C=O) groups is 1. The Balaban J connectivity index is 2.05. The molecule has 0 fully saturated rings. The molecule has 1 amide bonds. The van der Waals surface area contributed by atoms with E-state index in [-0.39, 0.29) is 0 Å². The topological polar surface area (TPSA) is 38.3 Å². The number of nitrogens with one attached hydrogen (secondary N) is 1. The van der Waals surface area contributed by atoms with Crippen molar-refractivity contribution in [3.8, 4) is 5.75 Å². The van der Waals surface area contributed by atoms with Crippen molar-refractivity contribution in [1.29, 1.82) is 0 Å². The molecule has 1 N–H and O–H groups in total. The molecule has 2 aromatic rings. The van der Waals surface area contributed by atoms with Crippen molar-refractivity contribution in [2.45, 2.75) is 118 Å². The zero-order valence-electron chi connectivity index (χ0n) is 22.2. The van der Waals surface area contributed by atoms with Crippen LogP contribution in [0.25, 0.3) is 0 Å². The second kappa shape index (κ2) is 16.4. The van der Waals surface area contributed by atoms with Crippen LogP contribution in [0.1, 0.15) is 113 Å². The Kier molecular flexibility index (Phi) is 13.4. The summed E-state index contributed by atoms with van der Waals surface area (Å²) in [6, 6.07) is 12.2. The van der Waals surface area contributed by atoms with Gasteiger partial charge in [0.2, 0.25) is 0 Å². The highest BCUT2D eigenvalue weighted by molar-refractivity contribution is 5.87. The standard InChI is InChI=1S/C31H47NO2/c1-5-7-9-11-13-15-20-27-21-18-24-30(28(27)22-16-14-12-10-8-6-2)34-31(33)32-29-23-17-19-25(3)26(29)4/h17-19,21,23-24H,5-16,20,22H2,1-4H3,(H,32,33). The van der Waals surface area contributed by atoms with Crippen LogP contribution in [0, 0.1) is 13.8 Å². The van der Waals surface area contributed by atoms with Crippen LogP contribution in [0.5, 0.6) is 5.75 Å². The van der Waals surface area contributed by atoms with Gasteiger partial charge in [0.25, 0.3) is 0 Å². The zero-order chi connectivity index (χ0) is 24.6. The zero-order valence-corrected chi connectivity index (χ0v) is 22.2. The Hall–Kier alpha value is -2.29. The van der Waals surface area contributed by atoms with Gasteiger partial charge in [-0.2, -0.15) is 0 Å². The van der Waals surface area contributed by atoms with Gasteiger partial charge in [-0.3, -0.25) is 5.32 Å². The van der Waals surface area contributed by atoms with E-state index in [1.54, 1.807) is 0 Å². The van der Waals surface area contributed by atoms with Crippen LogP contribution in [-0.4, -0.2) is 6.09 Å². The molecule has 0 saturated heterocycles. The molecule has 34 heavy (non-hydrogen) atoms. The number of unbranched alkanes of at least 4 members (excludes halogenated alkanes) is 10. The highest BCUT2D eigenvalue weighted by atomic mass is 16.6.